The molecule has 2 aliphatic rings. The highest BCUT2D eigenvalue weighted by molar-refractivity contribution is 6.30. The van der Waals surface area contributed by atoms with Crippen molar-refractivity contribution in [1.29, 1.82) is 0 Å². The first-order chi connectivity index (χ1) is 19.0. The maximum atomic E-state index is 13.1. The summed E-state index contributed by atoms with van der Waals surface area (Å²) in [7, 11) is 1.55. The quantitative estimate of drug-likeness (QED) is 0.279. The van der Waals surface area contributed by atoms with E-state index < -0.39 is 24.5 Å². The summed E-state index contributed by atoms with van der Waals surface area (Å²) in [6, 6.07) is 11.1. The number of hydrogen-bond acceptors (Lipinski definition) is 6. The summed E-state index contributed by atoms with van der Waals surface area (Å²) in [5.41, 5.74) is 7.02. The summed E-state index contributed by atoms with van der Waals surface area (Å²) in [4.78, 5) is 16.8. The molecular formula is C28H26ClF3N4O4. The minimum absolute atomic E-state index is 0.104. The molecular weight excluding hydrogens is 549 g/mol. The standard InChI is InChI=1S/C28H26ClF3N4O4/c1-38-24-13-19-22(14-25(24)39-15-27(33)9-10-27)34-11-8-23(19)40-18-5-2-16(3-6-18)35-26(37)36-17-4-7-21(29)20(12-17)28(30,31)32/h2-8,11,13-14,20H,9-10,12,15,33H2,1H3,(H2,35,36,37). The Kier molecular flexibility index (Phi) is 7.52. The van der Waals surface area contributed by atoms with Crippen LogP contribution in [0.25, 0.3) is 10.9 Å². The number of allylic oxidation sites excluding steroid dienone is 4. The fourth-order valence-corrected chi connectivity index (χ4v) is 4.37. The lowest BCUT2D eigenvalue weighted by Gasteiger charge is -2.24. The molecule has 1 unspecified atom stereocenters. The summed E-state index contributed by atoms with van der Waals surface area (Å²) >= 11 is 5.69. The van der Waals surface area contributed by atoms with Gasteiger partial charge in [0.15, 0.2) is 11.5 Å². The van der Waals surface area contributed by atoms with Crippen molar-refractivity contribution in [3.05, 3.63) is 71.5 Å². The van der Waals surface area contributed by atoms with Crippen LogP contribution in [0.2, 0.25) is 0 Å². The summed E-state index contributed by atoms with van der Waals surface area (Å²) in [6.07, 6.45) is 0.992. The number of nitrogens with zero attached hydrogens (tertiary/aromatic N) is 1. The van der Waals surface area contributed by atoms with Crippen LogP contribution in [0, 0.1) is 5.92 Å². The third kappa shape index (κ3) is 6.43. The first kappa shape index (κ1) is 27.6. The summed E-state index contributed by atoms with van der Waals surface area (Å²) in [5.74, 6) is 0.227. The molecule has 0 aliphatic heterocycles. The van der Waals surface area contributed by atoms with E-state index in [9.17, 15) is 18.0 Å². The first-order valence-electron chi connectivity index (χ1n) is 12.4. The number of nitrogens with two attached hydrogens (primary N) is 1. The smallest absolute Gasteiger partial charge is 0.396 e. The van der Waals surface area contributed by atoms with Gasteiger partial charge in [-0.2, -0.15) is 13.2 Å². The monoisotopic (exact) mass is 574 g/mol. The van der Waals surface area contributed by atoms with Crippen LogP contribution in [0.1, 0.15) is 19.3 Å². The number of fused-ring (bicyclic) bond motifs is 1. The molecule has 0 spiro atoms. The Bertz CT molecular complexity index is 1490. The van der Waals surface area contributed by atoms with Crippen LogP contribution < -0.4 is 30.6 Å². The Morgan fingerprint density at radius 2 is 1.85 bits per heavy atom. The van der Waals surface area contributed by atoms with Gasteiger partial charge in [-0.15, -0.1) is 0 Å². The van der Waals surface area contributed by atoms with Crippen LogP contribution in [-0.2, 0) is 0 Å². The average Bonchev–Trinajstić information content (AvgIpc) is 3.66. The molecule has 0 saturated heterocycles. The predicted molar refractivity (Wildman–Crippen MR) is 145 cm³/mol. The number of benzene rings is 2. The van der Waals surface area contributed by atoms with Crippen LogP contribution in [0.5, 0.6) is 23.0 Å². The molecule has 2 aromatic carbocycles. The molecule has 12 heteroatoms. The number of rotatable bonds is 8. The summed E-state index contributed by atoms with van der Waals surface area (Å²) in [5, 5.41) is 5.42. The second-order valence-corrected chi connectivity index (χ2v) is 10.2. The minimum atomic E-state index is -4.51. The molecule has 1 heterocycles. The first-order valence-corrected chi connectivity index (χ1v) is 12.8. The number of carbonyl (C=O) groups excluding carboxylic acids is 1. The SMILES string of the molecule is COc1cc2c(Oc3ccc(NC(=O)NC4=CC=C(Cl)C(C(F)(F)F)C4)cc3)ccnc2cc1OCC1(N)CC1. The van der Waals surface area contributed by atoms with Gasteiger partial charge >= 0.3 is 12.2 Å². The van der Waals surface area contributed by atoms with E-state index in [2.05, 4.69) is 15.6 Å². The third-order valence-electron chi connectivity index (χ3n) is 6.60. The highest BCUT2D eigenvalue weighted by Gasteiger charge is 2.43. The third-order valence-corrected chi connectivity index (χ3v) is 6.99. The van der Waals surface area contributed by atoms with Crippen molar-refractivity contribution in [3.63, 3.8) is 0 Å². The van der Waals surface area contributed by atoms with Gasteiger partial charge in [-0.05, 0) is 61.4 Å². The molecule has 210 valence electrons. The van der Waals surface area contributed by atoms with E-state index in [0.29, 0.717) is 46.2 Å². The fraction of sp³-hybridized carbons (Fsp3) is 0.286. The number of anilines is 1. The van der Waals surface area contributed by atoms with Crippen molar-refractivity contribution >= 4 is 34.2 Å². The molecule has 5 rings (SSSR count). The van der Waals surface area contributed by atoms with E-state index in [1.165, 1.54) is 6.08 Å². The zero-order valence-electron chi connectivity index (χ0n) is 21.3. The second kappa shape index (κ2) is 10.9. The van der Waals surface area contributed by atoms with Gasteiger partial charge in [0.25, 0.3) is 0 Å². The van der Waals surface area contributed by atoms with Crippen LogP contribution in [0.4, 0.5) is 23.7 Å². The molecule has 40 heavy (non-hydrogen) atoms. The van der Waals surface area contributed by atoms with E-state index in [1.807, 2.05) is 0 Å². The molecule has 8 nitrogen and oxygen atoms in total. The maximum absolute atomic E-state index is 13.1. The Balaban J connectivity index is 1.24. The number of halogens is 4. The largest absolute Gasteiger partial charge is 0.493 e. The topological polar surface area (TPSA) is 108 Å². The van der Waals surface area contributed by atoms with Gasteiger partial charge in [-0.3, -0.25) is 4.98 Å². The lowest BCUT2D eigenvalue weighted by Crippen LogP contribution is -2.33. The summed E-state index contributed by atoms with van der Waals surface area (Å²) in [6.45, 7) is 0.389. The van der Waals surface area contributed by atoms with Gasteiger partial charge in [0.2, 0.25) is 0 Å². The molecule has 4 N–H and O–H groups in total. The van der Waals surface area contributed by atoms with Gasteiger partial charge in [0, 0.05) is 40.5 Å². The molecule has 1 atom stereocenters. The van der Waals surface area contributed by atoms with Crippen molar-refractivity contribution in [2.45, 2.75) is 31.0 Å². The number of pyridine rings is 1. The molecule has 1 fully saturated rings. The van der Waals surface area contributed by atoms with E-state index in [0.717, 1.165) is 18.9 Å². The normalized spacial score (nSPS) is 17.9. The van der Waals surface area contributed by atoms with Crippen LogP contribution in [0.15, 0.2) is 71.5 Å². The van der Waals surface area contributed by atoms with Gasteiger partial charge in [0.05, 0.1) is 24.1 Å². The van der Waals surface area contributed by atoms with E-state index in [-0.39, 0.29) is 16.3 Å². The van der Waals surface area contributed by atoms with Crippen molar-refractivity contribution in [1.82, 2.24) is 10.3 Å². The fourth-order valence-electron chi connectivity index (χ4n) is 4.10. The second-order valence-electron chi connectivity index (χ2n) is 9.73. The highest BCUT2D eigenvalue weighted by Crippen LogP contribution is 2.41. The molecule has 1 aromatic heterocycles. The highest BCUT2D eigenvalue weighted by atomic mass is 35.5. The molecule has 0 bridgehead atoms. The molecule has 0 radical (unpaired) electrons. The van der Waals surface area contributed by atoms with Crippen molar-refractivity contribution in [2.75, 3.05) is 19.0 Å². The molecule has 3 aromatic rings. The van der Waals surface area contributed by atoms with Crippen molar-refractivity contribution in [3.8, 4) is 23.0 Å². The van der Waals surface area contributed by atoms with Gasteiger partial charge < -0.3 is 30.6 Å². The Hall–Kier alpha value is -3.96. The van der Waals surface area contributed by atoms with Crippen molar-refractivity contribution < 1.29 is 32.2 Å². The van der Waals surface area contributed by atoms with Gasteiger partial charge in [0.1, 0.15) is 18.1 Å². The lowest BCUT2D eigenvalue weighted by molar-refractivity contribution is -0.162. The van der Waals surface area contributed by atoms with Crippen LogP contribution in [0.3, 0.4) is 0 Å². The Morgan fingerprint density at radius 1 is 1.10 bits per heavy atom. The Morgan fingerprint density at radius 3 is 2.52 bits per heavy atom. The number of carbonyl (C=O) groups is 1. The molecule has 2 aliphatic carbocycles. The lowest BCUT2D eigenvalue weighted by atomic mass is 9.97. The number of nitrogens with one attached hydrogen (secondary N) is 2. The zero-order valence-corrected chi connectivity index (χ0v) is 22.1. The number of urea groups is 1. The van der Waals surface area contributed by atoms with Gasteiger partial charge in [-0.1, -0.05) is 11.6 Å². The van der Waals surface area contributed by atoms with Crippen LogP contribution >= 0.6 is 11.6 Å². The number of hydrogen-bond donors (Lipinski definition) is 3. The van der Waals surface area contributed by atoms with Crippen LogP contribution in [-0.4, -0.2) is 36.4 Å². The average molecular weight is 575 g/mol. The van der Waals surface area contributed by atoms with Crippen molar-refractivity contribution in [2.24, 2.45) is 11.7 Å². The van der Waals surface area contributed by atoms with E-state index >= 15 is 0 Å². The number of amides is 2. The summed E-state index contributed by atoms with van der Waals surface area (Å²) < 4.78 is 56.9. The number of ether oxygens (including phenoxy) is 3. The van der Waals surface area contributed by atoms with E-state index in [4.69, 9.17) is 31.5 Å². The zero-order chi connectivity index (χ0) is 28.5. The van der Waals surface area contributed by atoms with E-state index in [1.54, 1.807) is 55.8 Å². The predicted octanol–water partition coefficient (Wildman–Crippen LogP) is 6.62. The number of alkyl halides is 3. The molecule has 2 amide bonds. The minimum Gasteiger partial charge on any atom is -0.493 e. The number of aromatic nitrogens is 1. The van der Waals surface area contributed by atoms with Gasteiger partial charge in [-0.25, -0.2) is 4.79 Å². The number of methoxy groups -OCH3 is 1. The maximum Gasteiger partial charge on any atom is 0.396 e. The molecule has 1 saturated carbocycles. The Labute approximate surface area is 232 Å².